The van der Waals surface area contributed by atoms with Crippen LogP contribution in [-0.2, 0) is 10.9 Å². The van der Waals surface area contributed by atoms with Crippen LogP contribution in [0.15, 0.2) is 47.4 Å². The first-order chi connectivity index (χ1) is 20.6. The average molecular weight is 616 g/mol. The summed E-state index contributed by atoms with van der Waals surface area (Å²) in [7, 11) is 0. The first-order valence-electron chi connectivity index (χ1n) is 13.6. The van der Waals surface area contributed by atoms with E-state index in [0.717, 1.165) is 16.9 Å². The molecular weight excluding hydrogens is 583 g/mol. The van der Waals surface area contributed by atoms with Gasteiger partial charge in [-0.15, -0.1) is 10.2 Å². The van der Waals surface area contributed by atoms with E-state index in [4.69, 9.17) is 9.15 Å². The fourth-order valence-electron chi connectivity index (χ4n) is 3.98. The molecule has 16 heteroatoms. The van der Waals surface area contributed by atoms with Gasteiger partial charge in [0.1, 0.15) is 17.5 Å². The number of carbonyl (C=O) groups excluding carboxylic acids is 2. The maximum absolute atomic E-state index is 13.4. The number of pyridine rings is 2. The Balaban J connectivity index is 1.70. The van der Waals surface area contributed by atoms with Crippen LogP contribution in [-0.4, -0.2) is 54.2 Å². The third-order valence-corrected chi connectivity index (χ3v) is 5.93. The topological polar surface area (TPSA) is 162 Å². The van der Waals surface area contributed by atoms with Crippen molar-refractivity contribution in [3.63, 3.8) is 0 Å². The second-order valence-corrected chi connectivity index (χ2v) is 11.0. The van der Waals surface area contributed by atoms with Gasteiger partial charge < -0.3 is 19.8 Å². The molecule has 0 saturated heterocycles. The van der Waals surface area contributed by atoms with Crippen LogP contribution in [0.3, 0.4) is 0 Å². The highest BCUT2D eigenvalue weighted by Gasteiger charge is 2.34. The quantitative estimate of drug-likeness (QED) is 0.224. The second kappa shape index (κ2) is 12.7. The van der Waals surface area contributed by atoms with E-state index in [2.05, 4.69) is 41.2 Å². The average Bonchev–Trinajstić information content (AvgIpc) is 3.62. The van der Waals surface area contributed by atoms with Crippen LogP contribution in [0.4, 0.5) is 28.6 Å². The minimum Gasteiger partial charge on any atom is -0.444 e. The van der Waals surface area contributed by atoms with Crippen LogP contribution in [0.25, 0.3) is 28.3 Å². The molecule has 4 aromatic heterocycles. The lowest BCUT2D eigenvalue weighted by atomic mass is 10.0. The number of nitrogens with one attached hydrogen (secondary N) is 3. The van der Waals surface area contributed by atoms with E-state index in [0.29, 0.717) is 23.2 Å². The Morgan fingerprint density at radius 2 is 1.80 bits per heavy atom. The molecule has 3 N–H and O–H groups in total. The number of hydrogen-bond acceptors (Lipinski definition) is 9. The van der Waals surface area contributed by atoms with Crippen molar-refractivity contribution in [3.05, 3.63) is 54.6 Å². The summed E-state index contributed by atoms with van der Waals surface area (Å²) in [5, 5.41) is 19.8. The summed E-state index contributed by atoms with van der Waals surface area (Å²) in [4.78, 5) is 33.0. The van der Waals surface area contributed by atoms with Crippen LogP contribution < -0.4 is 16.0 Å². The molecule has 0 fully saturated rings. The molecule has 4 rings (SSSR count). The van der Waals surface area contributed by atoms with E-state index in [1.54, 1.807) is 33.8 Å². The van der Waals surface area contributed by atoms with Crippen molar-refractivity contribution < 1.29 is 31.9 Å². The molecular formula is C28H32F3N9O4. The summed E-state index contributed by atoms with van der Waals surface area (Å²) in [6.07, 6.45) is 0.183. The molecule has 4 heterocycles. The number of anilines is 1. The number of alkyl carbamates (subject to hydrolysis) is 1. The van der Waals surface area contributed by atoms with E-state index < -0.39 is 35.6 Å². The molecule has 0 saturated carbocycles. The Hall–Kier alpha value is -5.02. The van der Waals surface area contributed by atoms with Crippen molar-refractivity contribution in [3.8, 4) is 28.3 Å². The van der Waals surface area contributed by atoms with Crippen molar-refractivity contribution >= 4 is 17.9 Å². The highest BCUT2D eigenvalue weighted by Crippen LogP contribution is 2.33. The normalized spacial score (nSPS) is 12.6. The molecule has 0 aliphatic rings. The number of carbonyl (C=O) groups is 2. The molecule has 1 atom stereocenters. The molecule has 1 unspecified atom stereocenters. The highest BCUT2D eigenvalue weighted by atomic mass is 19.4. The number of halogens is 3. The van der Waals surface area contributed by atoms with Gasteiger partial charge >= 0.3 is 18.3 Å². The SMILES string of the molecule is CCNC(=O)Nc1cc(-n2ccc(C(F)(F)F)n2)c(-c2cncc(-c3nnc(C(NC(=O)OC(C)(C)C)C(C)C)o3)c2)cn1. The number of amides is 3. The van der Waals surface area contributed by atoms with Gasteiger partial charge in [-0.25, -0.2) is 19.3 Å². The van der Waals surface area contributed by atoms with Gasteiger partial charge in [-0.3, -0.25) is 10.3 Å². The standard InChI is InChI=1S/C28H32F3N9O4/c1-7-33-25(41)35-21-11-19(40-9-8-20(39-40)28(29,30)31)18(14-34-21)16-10-17(13-32-12-16)23-37-38-24(43-23)22(15(2)3)36-26(42)44-27(4,5)6/h8-15,22H,7H2,1-6H3,(H,36,42)(H2,33,34,35,41). The first-order valence-corrected chi connectivity index (χ1v) is 13.6. The first kappa shape index (κ1) is 31.9. The Morgan fingerprint density at radius 1 is 1.07 bits per heavy atom. The smallest absolute Gasteiger partial charge is 0.435 e. The summed E-state index contributed by atoms with van der Waals surface area (Å²) in [5.41, 5.74) is -0.425. The van der Waals surface area contributed by atoms with Crippen LogP contribution in [0.2, 0.25) is 0 Å². The van der Waals surface area contributed by atoms with Gasteiger partial charge in [-0.2, -0.15) is 18.3 Å². The molecule has 0 aromatic carbocycles. The maximum atomic E-state index is 13.4. The molecule has 0 radical (unpaired) electrons. The summed E-state index contributed by atoms with van der Waals surface area (Å²) >= 11 is 0. The number of hydrogen-bond donors (Lipinski definition) is 3. The number of aromatic nitrogens is 6. The number of rotatable bonds is 8. The third-order valence-electron chi connectivity index (χ3n) is 5.93. The van der Waals surface area contributed by atoms with Crippen molar-refractivity contribution in [1.82, 2.24) is 40.6 Å². The third kappa shape index (κ3) is 7.87. The summed E-state index contributed by atoms with van der Waals surface area (Å²) < 4.78 is 52.4. The maximum Gasteiger partial charge on any atom is 0.435 e. The molecule has 0 spiro atoms. The van der Waals surface area contributed by atoms with Gasteiger partial charge in [0.2, 0.25) is 11.8 Å². The van der Waals surface area contributed by atoms with Crippen LogP contribution in [0.5, 0.6) is 0 Å². The van der Waals surface area contributed by atoms with Gasteiger partial charge in [-0.1, -0.05) is 13.8 Å². The zero-order valence-corrected chi connectivity index (χ0v) is 24.9. The van der Waals surface area contributed by atoms with Gasteiger partial charge in [-0.05, 0) is 45.7 Å². The summed E-state index contributed by atoms with van der Waals surface area (Å²) in [5.74, 6) is 0.192. The Labute approximate surface area is 250 Å². The van der Waals surface area contributed by atoms with Gasteiger partial charge in [0.15, 0.2) is 5.69 Å². The molecule has 3 amide bonds. The molecule has 13 nitrogen and oxygen atoms in total. The Bertz CT molecular complexity index is 1630. The van der Waals surface area contributed by atoms with Crippen molar-refractivity contribution in [2.75, 3.05) is 11.9 Å². The minimum atomic E-state index is -4.66. The molecule has 0 bridgehead atoms. The molecule has 234 valence electrons. The van der Waals surface area contributed by atoms with Crippen molar-refractivity contribution in [2.24, 2.45) is 5.92 Å². The Kier molecular flexibility index (Phi) is 9.20. The van der Waals surface area contributed by atoms with E-state index in [1.165, 1.54) is 24.7 Å². The van der Waals surface area contributed by atoms with Gasteiger partial charge in [0, 0.05) is 48.5 Å². The molecule has 44 heavy (non-hydrogen) atoms. The Morgan fingerprint density at radius 3 is 2.43 bits per heavy atom. The monoisotopic (exact) mass is 615 g/mol. The highest BCUT2D eigenvalue weighted by molar-refractivity contribution is 5.89. The van der Waals surface area contributed by atoms with Gasteiger partial charge in [0.25, 0.3) is 0 Å². The summed E-state index contributed by atoms with van der Waals surface area (Å²) in [6, 6.07) is 2.69. The van der Waals surface area contributed by atoms with E-state index in [-0.39, 0.29) is 29.2 Å². The molecule has 0 aliphatic heterocycles. The van der Waals surface area contributed by atoms with Crippen LogP contribution >= 0.6 is 0 Å². The van der Waals surface area contributed by atoms with Gasteiger partial charge in [0.05, 0.1) is 11.3 Å². The number of alkyl halides is 3. The lowest BCUT2D eigenvalue weighted by Crippen LogP contribution is -2.37. The summed E-state index contributed by atoms with van der Waals surface area (Å²) in [6.45, 7) is 11.1. The largest absolute Gasteiger partial charge is 0.444 e. The predicted molar refractivity (Wildman–Crippen MR) is 153 cm³/mol. The van der Waals surface area contributed by atoms with E-state index in [9.17, 15) is 22.8 Å². The zero-order chi connectivity index (χ0) is 32.2. The fraction of sp³-hybridized carbons (Fsp3) is 0.393. The zero-order valence-electron chi connectivity index (χ0n) is 24.9. The van der Waals surface area contributed by atoms with E-state index >= 15 is 0 Å². The second-order valence-electron chi connectivity index (χ2n) is 11.0. The number of nitrogens with zero attached hydrogens (tertiary/aromatic N) is 6. The predicted octanol–water partition coefficient (Wildman–Crippen LogP) is 5.76. The van der Waals surface area contributed by atoms with Crippen molar-refractivity contribution in [1.29, 1.82) is 0 Å². The van der Waals surface area contributed by atoms with Crippen molar-refractivity contribution in [2.45, 2.75) is 59.4 Å². The number of urea groups is 1. The number of ether oxygens (including phenoxy) is 1. The molecule has 0 aliphatic carbocycles. The molecule has 4 aromatic rings. The van der Waals surface area contributed by atoms with Crippen LogP contribution in [0.1, 0.15) is 59.2 Å². The van der Waals surface area contributed by atoms with Crippen LogP contribution in [0, 0.1) is 5.92 Å². The fourth-order valence-corrected chi connectivity index (χ4v) is 3.98. The lowest BCUT2D eigenvalue weighted by Gasteiger charge is -2.23. The van der Waals surface area contributed by atoms with E-state index in [1.807, 2.05) is 13.8 Å². The lowest BCUT2D eigenvalue weighted by molar-refractivity contribution is -0.141. The minimum absolute atomic E-state index is 0.0848.